The monoisotopic (exact) mass is 204 g/mol. The molecule has 82 valence electrons. The highest BCUT2D eigenvalue weighted by Crippen LogP contribution is 2.11. The SMILES string of the molecule is CCCCCc1cccc(C(=O)CC)c1. The normalized spacial score (nSPS) is 10.3. The van der Waals surface area contributed by atoms with Crippen LogP contribution in [0, 0.1) is 0 Å². The topological polar surface area (TPSA) is 17.1 Å². The van der Waals surface area contributed by atoms with Crippen molar-refractivity contribution in [3.05, 3.63) is 35.4 Å². The van der Waals surface area contributed by atoms with Crippen LogP contribution < -0.4 is 0 Å². The molecule has 0 fully saturated rings. The third-order valence-corrected chi connectivity index (χ3v) is 2.64. The van der Waals surface area contributed by atoms with Crippen molar-refractivity contribution in [1.29, 1.82) is 0 Å². The van der Waals surface area contributed by atoms with Crippen LogP contribution in [0.2, 0.25) is 0 Å². The summed E-state index contributed by atoms with van der Waals surface area (Å²) in [4.78, 5) is 11.5. The third-order valence-electron chi connectivity index (χ3n) is 2.64. The lowest BCUT2D eigenvalue weighted by atomic mass is 10.0. The van der Waals surface area contributed by atoms with Crippen molar-refractivity contribution in [3.63, 3.8) is 0 Å². The molecular formula is C14H20O. The number of carbonyl (C=O) groups is 1. The lowest BCUT2D eigenvalue weighted by Crippen LogP contribution is -1.97. The van der Waals surface area contributed by atoms with Crippen molar-refractivity contribution in [1.82, 2.24) is 0 Å². The Balaban J connectivity index is 2.62. The Morgan fingerprint density at radius 3 is 2.67 bits per heavy atom. The second-order valence-corrected chi connectivity index (χ2v) is 3.93. The quantitative estimate of drug-likeness (QED) is 0.505. The molecule has 0 N–H and O–H groups in total. The summed E-state index contributed by atoms with van der Waals surface area (Å²) in [5.41, 5.74) is 2.16. The van der Waals surface area contributed by atoms with E-state index < -0.39 is 0 Å². The number of unbranched alkanes of at least 4 members (excludes halogenated alkanes) is 2. The fraction of sp³-hybridized carbons (Fsp3) is 0.500. The van der Waals surface area contributed by atoms with Crippen LogP contribution in [0.3, 0.4) is 0 Å². The van der Waals surface area contributed by atoms with Gasteiger partial charge in [-0.15, -0.1) is 0 Å². The van der Waals surface area contributed by atoms with Crippen LogP contribution in [0.25, 0.3) is 0 Å². The minimum atomic E-state index is 0.243. The van der Waals surface area contributed by atoms with E-state index in [0.29, 0.717) is 6.42 Å². The molecule has 0 unspecified atom stereocenters. The standard InChI is InChI=1S/C14H20O/c1-3-5-6-8-12-9-7-10-13(11-12)14(15)4-2/h7,9-11H,3-6,8H2,1-2H3. The molecule has 0 aliphatic rings. The van der Waals surface area contributed by atoms with Crippen LogP contribution in [-0.2, 0) is 6.42 Å². The van der Waals surface area contributed by atoms with Gasteiger partial charge in [0.1, 0.15) is 0 Å². The van der Waals surface area contributed by atoms with E-state index in [-0.39, 0.29) is 5.78 Å². The Hall–Kier alpha value is -1.11. The lowest BCUT2D eigenvalue weighted by Gasteiger charge is -2.03. The van der Waals surface area contributed by atoms with Gasteiger partial charge in [-0.25, -0.2) is 0 Å². The van der Waals surface area contributed by atoms with Gasteiger partial charge in [-0.3, -0.25) is 4.79 Å². The summed E-state index contributed by atoms with van der Waals surface area (Å²) >= 11 is 0. The van der Waals surface area contributed by atoms with Crippen molar-refractivity contribution < 1.29 is 4.79 Å². The summed E-state index contributed by atoms with van der Waals surface area (Å²) in [5.74, 6) is 0.243. The minimum Gasteiger partial charge on any atom is -0.294 e. The molecule has 0 aliphatic carbocycles. The number of aryl methyl sites for hydroxylation is 1. The first-order chi connectivity index (χ1) is 7.27. The fourth-order valence-electron chi connectivity index (χ4n) is 1.68. The lowest BCUT2D eigenvalue weighted by molar-refractivity contribution is 0.0988. The van der Waals surface area contributed by atoms with Crippen molar-refractivity contribution in [3.8, 4) is 0 Å². The van der Waals surface area contributed by atoms with Gasteiger partial charge in [0.25, 0.3) is 0 Å². The van der Waals surface area contributed by atoms with Gasteiger partial charge in [0, 0.05) is 12.0 Å². The van der Waals surface area contributed by atoms with Gasteiger partial charge in [0.2, 0.25) is 0 Å². The second kappa shape index (κ2) is 6.39. The number of ketones is 1. The van der Waals surface area contributed by atoms with Gasteiger partial charge >= 0.3 is 0 Å². The third kappa shape index (κ3) is 3.86. The van der Waals surface area contributed by atoms with Crippen LogP contribution in [-0.4, -0.2) is 5.78 Å². The van der Waals surface area contributed by atoms with E-state index in [1.165, 1.54) is 24.8 Å². The summed E-state index contributed by atoms with van der Waals surface area (Å²) in [6.45, 7) is 4.11. The molecule has 1 nitrogen and oxygen atoms in total. The molecule has 0 saturated heterocycles. The molecule has 0 radical (unpaired) electrons. The molecule has 0 amide bonds. The molecule has 1 aromatic rings. The Morgan fingerprint density at radius 1 is 1.20 bits per heavy atom. The van der Waals surface area contributed by atoms with Crippen LogP contribution in [0.1, 0.15) is 55.5 Å². The maximum absolute atomic E-state index is 11.5. The average molecular weight is 204 g/mol. The highest BCUT2D eigenvalue weighted by molar-refractivity contribution is 5.95. The van der Waals surface area contributed by atoms with Crippen LogP contribution in [0.5, 0.6) is 0 Å². The Morgan fingerprint density at radius 2 is 2.00 bits per heavy atom. The molecule has 1 heteroatoms. The maximum atomic E-state index is 11.5. The van der Waals surface area contributed by atoms with Gasteiger partial charge < -0.3 is 0 Å². The molecule has 0 heterocycles. The van der Waals surface area contributed by atoms with Gasteiger partial charge in [-0.1, -0.05) is 44.9 Å². The summed E-state index contributed by atoms with van der Waals surface area (Å²) in [6.07, 6.45) is 5.43. The smallest absolute Gasteiger partial charge is 0.162 e. The van der Waals surface area contributed by atoms with E-state index in [2.05, 4.69) is 13.0 Å². The molecule has 0 bridgehead atoms. The number of hydrogen-bond donors (Lipinski definition) is 0. The number of rotatable bonds is 6. The Labute approximate surface area is 92.5 Å². The number of benzene rings is 1. The first-order valence-electron chi connectivity index (χ1n) is 5.90. The van der Waals surface area contributed by atoms with Gasteiger partial charge in [0.15, 0.2) is 5.78 Å². The molecule has 1 rings (SSSR count). The van der Waals surface area contributed by atoms with Crippen molar-refractivity contribution in [2.75, 3.05) is 0 Å². The number of hydrogen-bond acceptors (Lipinski definition) is 1. The second-order valence-electron chi connectivity index (χ2n) is 3.93. The van der Waals surface area contributed by atoms with Gasteiger partial charge in [-0.2, -0.15) is 0 Å². The first kappa shape index (κ1) is 12.0. The van der Waals surface area contributed by atoms with Gasteiger partial charge in [-0.05, 0) is 24.5 Å². The zero-order valence-corrected chi connectivity index (χ0v) is 9.75. The zero-order valence-electron chi connectivity index (χ0n) is 9.75. The fourth-order valence-corrected chi connectivity index (χ4v) is 1.68. The predicted molar refractivity (Wildman–Crippen MR) is 64.3 cm³/mol. The Kier molecular flexibility index (Phi) is 5.09. The minimum absolute atomic E-state index is 0.243. The number of carbonyl (C=O) groups excluding carboxylic acids is 1. The highest BCUT2D eigenvalue weighted by atomic mass is 16.1. The first-order valence-corrected chi connectivity index (χ1v) is 5.90. The summed E-state index contributed by atoms with van der Waals surface area (Å²) in [6, 6.07) is 8.06. The predicted octanol–water partition coefficient (Wildman–Crippen LogP) is 4.01. The number of Topliss-reactive ketones (excluding diaryl/α,β-unsaturated/α-hetero) is 1. The van der Waals surface area contributed by atoms with Crippen molar-refractivity contribution in [2.45, 2.75) is 46.0 Å². The van der Waals surface area contributed by atoms with Crippen LogP contribution in [0.15, 0.2) is 24.3 Å². The largest absolute Gasteiger partial charge is 0.294 e. The van der Waals surface area contributed by atoms with Crippen molar-refractivity contribution >= 4 is 5.78 Å². The molecule has 15 heavy (non-hydrogen) atoms. The Bertz CT molecular complexity index is 315. The highest BCUT2D eigenvalue weighted by Gasteiger charge is 2.03. The molecule has 0 aromatic heterocycles. The van der Waals surface area contributed by atoms with Crippen molar-refractivity contribution in [2.24, 2.45) is 0 Å². The van der Waals surface area contributed by atoms with E-state index in [0.717, 1.165) is 12.0 Å². The zero-order chi connectivity index (χ0) is 11.1. The summed E-state index contributed by atoms with van der Waals surface area (Å²) in [5, 5.41) is 0. The maximum Gasteiger partial charge on any atom is 0.162 e. The molecule has 0 atom stereocenters. The van der Waals surface area contributed by atoms with E-state index in [1.54, 1.807) is 0 Å². The van der Waals surface area contributed by atoms with Crippen LogP contribution >= 0.6 is 0 Å². The van der Waals surface area contributed by atoms with Gasteiger partial charge in [0.05, 0.1) is 0 Å². The van der Waals surface area contributed by atoms with E-state index in [4.69, 9.17) is 0 Å². The van der Waals surface area contributed by atoms with E-state index >= 15 is 0 Å². The van der Waals surface area contributed by atoms with E-state index in [1.807, 2.05) is 25.1 Å². The molecule has 1 aromatic carbocycles. The average Bonchev–Trinajstić information content (AvgIpc) is 2.29. The van der Waals surface area contributed by atoms with Crippen LogP contribution in [0.4, 0.5) is 0 Å². The van der Waals surface area contributed by atoms with E-state index in [9.17, 15) is 4.79 Å². The summed E-state index contributed by atoms with van der Waals surface area (Å²) in [7, 11) is 0. The molecular weight excluding hydrogens is 184 g/mol. The molecule has 0 spiro atoms. The molecule has 0 aliphatic heterocycles. The molecule has 0 saturated carbocycles. The summed E-state index contributed by atoms with van der Waals surface area (Å²) < 4.78 is 0.